The van der Waals surface area contributed by atoms with Gasteiger partial charge in [-0.15, -0.1) is 11.8 Å². The molecule has 1 atom stereocenters. The molecule has 3 aromatic rings. The molecule has 0 aliphatic rings. The van der Waals surface area contributed by atoms with Crippen molar-refractivity contribution in [3.05, 3.63) is 108 Å². The fraction of sp³-hybridized carbons (Fsp3) is 0.345. The summed E-state index contributed by atoms with van der Waals surface area (Å²) in [7, 11) is 0. The SMILES string of the molecule is CCSC(CCCCC(=O)O)CCSC(c1ccccc1)(c1ccccc1)c1ccccc1. The van der Waals surface area contributed by atoms with Gasteiger partial charge in [-0.1, -0.05) is 104 Å². The Kier molecular flexibility index (Phi) is 10.4. The summed E-state index contributed by atoms with van der Waals surface area (Å²) in [5, 5.41) is 9.50. The van der Waals surface area contributed by atoms with Crippen LogP contribution in [0, 0.1) is 0 Å². The molecule has 2 nitrogen and oxygen atoms in total. The van der Waals surface area contributed by atoms with E-state index in [0.717, 1.165) is 37.2 Å². The molecule has 0 heterocycles. The Hall–Kier alpha value is -2.17. The first kappa shape index (κ1) is 25.5. The van der Waals surface area contributed by atoms with Crippen LogP contribution in [-0.4, -0.2) is 27.8 Å². The molecule has 1 N–H and O–H groups in total. The second-order valence-electron chi connectivity index (χ2n) is 8.13. The van der Waals surface area contributed by atoms with Crippen molar-refractivity contribution in [2.75, 3.05) is 11.5 Å². The summed E-state index contributed by atoms with van der Waals surface area (Å²) in [5.74, 6) is 1.44. The monoisotopic (exact) mass is 478 g/mol. The van der Waals surface area contributed by atoms with Gasteiger partial charge in [-0.25, -0.2) is 0 Å². The second-order valence-corrected chi connectivity index (χ2v) is 11.0. The fourth-order valence-electron chi connectivity index (χ4n) is 4.31. The number of unbranched alkanes of at least 4 members (excludes halogenated alkanes) is 1. The second kappa shape index (κ2) is 13.5. The van der Waals surface area contributed by atoms with Crippen LogP contribution in [0.5, 0.6) is 0 Å². The Bertz CT molecular complexity index is 848. The van der Waals surface area contributed by atoms with Crippen LogP contribution in [0.1, 0.15) is 55.7 Å². The molecule has 1 unspecified atom stereocenters. The summed E-state index contributed by atoms with van der Waals surface area (Å²) in [6.07, 6.45) is 4.23. The molecular weight excluding hydrogens is 444 g/mol. The molecule has 0 amide bonds. The topological polar surface area (TPSA) is 37.3 Å². The van der Waals surface area contributed by atoms with Crippen molar-refractivity contribution in [3.8, 4) is 0 Å². The molecule has 0 aromatic heterocycles. The van der Waals surface area contributed by atoms with Crippen LogP contribution < -0.4 is 0 Å². The van der Waals surface area contributed by atoms with Crippen LogP contribution in [0.4, 0.5) is 0 Å². The Morgan fingerprint density at radius 1 is 0.788 bits per heavy atom. The van der Waals surface area contributed by atoms with Crippen LogP contribution in [0.25, 0.3) is 0 Å². The molecule has 0 bridgehead atoms. The van der Waals surface area contributed by atoms with E-state index in [0.29, 0.717) is 5.25 Å². The van der Waals surface area contributed by atoms with Gasteiger partial charge in [0.05, 0.1) is 4.75 Å². The van der Waals surface area contributed by atoms with Gasteiger partial charge < -0.3 is 5.11 Å². The normalized spacial score (nSPS) is 12.4. The summed E-state index contributed by atoms with van der Waals surface area (Å²) < 4.78 is -0.269. The van der Waals surface area contributed by atoms with Crippen molar-refractivity contribution in [3.63, 3.8) is 0 Å². The minimum Gasteiger partial charge on any atom is -0.481 e. The van der Waals surface area contributed by atoms with Crippen LogP contribution in [-0.2, 0) is 9.54 Å². The highest BCUT2D eigenvalue weighted by Crippen LogP contribution is 2.49. The molecule has 33 heavy (non-hydrogen) atoms. The highest BCUT2D eigenvalue weighted by molar-refractivity contribution is 8.01. The van der Waals surface area contributed by atoms with E-state index >= 15 is 0 Å². The summed E-state index contributed by atoms with van der Waals surface area (Å²) in [6.45, 7) is 2.21. The molecule has 3 aromatic carbocycles. The predicted octanol–water partition coefficient (Wildman–Crippen LogP) is 7.87. The van der Waals surface area contributed by atoms with Crippen molar-refractivity contribution in [1.82, 2.24) is 0 Å². The summed E-state index contributed by atoms with van der Waals surface area (Å²) in [6, 6.07) is 32.5. The Labute approximate surface area is 207 Å². The van der Waals surface area contributed by atoms with E-state index in [1.807, 2.05) is 23.5 Å². The minimum absolute atomic E-state index is 0.269. The lowest BCUT2D eigenvalue weighted by Gasteiger charge is -2.36. The maximum atomic E-state index is 10.8. The van der Waals surface area contributed by atoms with E-state index in [1.54, 1.807) is 0 Å². The van der Waals surface area contributed by atoms with Gasteiger partial charge in [-0.05, 0) is 47.5 Å². The van der Waals surface area contributed by atoms with Gasteiger partial charge >= 0.3 is 5.97 Å². The number of benzene rings is 3. The van der Waals surface area contributed by atoms with E-state index in [2.05, 4.69) is 97.9 Å². The van der Waals surface area contributed by atoms with Crippen molar-refractivity contribution in [2.45, 2.75) is 49.0 Å². The van der Waals surface area contributed by atoms with Gasteiger partial charge in [0.15, 0.2) is 0 Å². The highest BCUT2D eigenvalue weighted by Gasteiger charge is 2.36. The lowest BCUT2D eigenvalue weighted by molar-refractivity contribution is -0.137. The van der Waals surface area contributed by atoms with Gasteiger partial charge in [-0.2, -0.15) is 11.8 Å². The number of aliphatic carboxylic acids is 1. The maximum Gasteiger partial charge on any atom is 0.303 e. The minimum atomic E-state index is -0.691. The molecule has 0 aliphatic carbocycles. The van der Waals surface area contributed by atoms with Crippen molar-refractivity contribution in [1.29, 1.82) is 0 Å². The largest absolute Gasteiger partial charge is 0.481 e. The van der Waals surface area contributed by atoms with Gasteiger partial charge in [0.1, 0.15) is 0 Å². The van der Waals surface area contributed by atoms with Gasteiger partial charge in [-0.3, -0.25) is 4.79 Å². The molecule has 0 saturated carbocycles. The van der Waals surface area contributed by atoms with Gasteiger partial charge in [0.2, 0.25) is 0 Å². The fourth-order valence-corrected chi connectivity index (χ4v) is 7.16. The smallest absolute Gasteiger partial charge is 0.303 e. The molecule has 0 aliphatic heterocycles. The van der Waals surface area contributed by atoms with E-state index in [4.69, 9.17) is 5.11 Å². The summed E-state index contributed by atoms with van der Waals surface area (Å²) in [4.78, 5) is 10.8. The molecular formula is C29H34O2S2. The zero-order valence-electron chi connectivity index (χ0n) is 19.4. The third-order valence-corrected chi connectivity index (χ3v) is 8.72. The summed E-state index contributed by atoms with van der Waals surface area (Å²) >= 11 is 4.03. The number of rotatable bonds is 14. The Morgan fingerprint density at radius 3 is 1.70 bits per heavy atom. The standard InChI is InChI=1S/C29H34O2S2/c1-2-32-27(20-12-13-21-28(30)31)22-23-33-29(24-14-6-3-7-15-24,25-16-8-4-9-17-25)26-18-10-5-11-19-26/h3-11,14-19,27H,2,12-13,20-23H2,1H3,(H,30,31). The lowest BCUT2D eigenvalue weighted by Crippen LogP contribution is -2.26. The summed E-state index contributed by atoms with van der Waals surface area (Å²) in [5.41, 5.74) is 3.90. The van der Waals surface area contributed by atoms with Crippen molar-refractivity contribution >= 4 is 29.5 Å². The third-order valence-electron chi connectivity index (χ3n) is 5.87. The molecule has 0 saturated heterocycles. The zero-order valence-corrected chi connectivity index (χ0v) is 21.0. The average molecular weight is 479 g/mol. The van der Waals surface area contributed by atoms with Crippen LogP contribution in [0.3, 0.4) is 0 Å². The molecule has 0 radical (unpaired) electrons. The number of hydrogen-bond donors (Lipinski definition) is 1. The van der Waals surface area contributed by atoms with Crippen molar-refractivity contribution < 1.29 is 9.90 Å². The van der Waals surface area contributed by atoms with E-state index in [1.165, 1.54) is 16.7 Å². The van der Waals surface area contributed by atoms with Gasteiger partial charge in [0.25, 0.3) is 0 Å². The van der Waals surface area contributed by atoms with Crippen LogP contribution in [0.2, 0.25) is 0 Å². The zero-order chi connectivity index (χ0) is 23.4. The molecule has 3 rings (SSSR count). The third kappa shape index (κ3) is 7.15. The number of carbonyl (C=O) groups is 1. The van der Waals surface area contributed by atoms with Gasteiger partial charge in [0, 0.05) is 11.7 Å². The number of carboxylic acids is 1. The van der Waals surface area contributed by atoms with E-state index in [9.17, 15) is 4.79 Å². The first-order valence-electron chi connectivity index (χ1n) is 11.8. The predicted molar refractivity (Wildman–Crippen MR) is 144 cm³/mol. The number of hydrogen-bond acceptors (Lipinski definition) is 3. The Balaban J connectivity index is 1.85. The first-order chi connectivity index (χ1) is 16.2. The van der Waals surface area contributed by atoms with E-state index < -0.39 is 5.97 Å². The molecule has 0 spiro atoms. The molecule has 4 heteroatoms. The maximum absolute atomic E-state index is 10.8. The molecule has 0 fully saturated rings. The van der Waals surface area contributed by atoms with Crippen LogP contribution in [0.15, 0.2) is 91.0 Å². The lowest BCUT2D eigenvalue weighted by atomic mass is 9.84. The Morgan fingerprint density at radius 2 is 1.27 bits per heavy atom. The number of carboxylic acid groups (broad SMARTS) is 1. The first-order valence-corrected chi connectivity index (χ1v) is 13.8. The number of thioether (sulfide) groups is 2. The quantitative estimate of drug-likeness (QED) is 0.189. The van der Waals surface area contributed by atoms with Crippen LogP contribution >= 0.6 is 23.5 Å². The van der Waals surface area contributed by atoms with E-state index in [-0.39, 0.29) is 11.2 Å². The average Bonchev–Trinajstić information content (AvgIpc) is 2.86. The molecule has 174 valence electrons. The van der Waals surface area contributed by atoms with Crippen molar-refractivity contribution in [2.24, 2.45) is 0 Å². The highest BCUT2D eigenvalue weighted by atomic mass is 32.2.